The molecule has 32 heavy (non-hydrogen) atoms. The van der Waals surface area contributed by atoms with E-state index in [4.69, 9.17) is 33.5 Å². The van der Waals surface area contributed by atoms with Gasteiger partial charge in [0.05, 0.1) is 5.71 Å². The van der Waals surface area contributed by atoms with Crippen molar-refractivity contribution in [1.29, 1.82) is 0 Å². The van der Waals surface area contributed by atoms with Gasteiger partial charge in [0.2, 0.25) is 0 Å². The van der Waals surface area contributed by atoms with E-state index in [0.29, 0.717) is 10.0 Å². The highest BCUT2D eigenvalue weighted by molar-refractivity contribution is 7.80. The third-order valence-electron chi connectivity index (χ3n) is 5.30. The van der Waals surface area contributed by atoms with Crippen molar-refractivity contribution >= 4 is 57.0 Å². The second-order valence-electron chi connectivity index (χ2n) is 7.67. The van der Waals surface area contributed by atoms with Crippen molar-refractivity contribution in [3.8, 4) is 0 Å². The van der Waals surface area contributed by atoms with Crippen LogP contribution in [0.1, 0.15) is 34.1 Å². The Bertz CT molecular complexity index is 1210. The number of hydrogen-bond acceptors (Lipinski definition) is 5. The highest BCUT2D eigenvalue weighted by Crippen LogP contribution is 2.38. The second kappa shape index (κ2) is 9.02. The van der Waals surface area contributed by atoms with Gasteiger partial charge in [-0.1, -0.05) is 66.3 Å². The number of alkyl carbamates (subject to hydrolysis) is 1. The fourth-order valence-corrected chi connectivity index (χ4v) is 4.87. The van der Waals surface area contributed by atoms with E-state index < -0.39 is 11.8 Å². The maximum Gasteiger partial charge on any atom is 0.409 e. The third kappa shape index (κ3) is 4.55. The Morgan fingerprint density at radius 1 is 1.19 bits per heavy atom. The molecule has 3 aromatic rings. The lowest BCUT2D eigenvalue weighted by Gasteiger charge is -2.27. The van der Waals surface area contributed by atoms with Crippen LogP contribution in [0.2, 0.25) is 5.02 Å². The van der Waals surface area contributed by atoms with Crippen molar-refractivity contribution in [2.24, 2.45) is 4.99 Å². The number of ether oxygens (including phenoxy) is 1. The Balaban J connectivity index is 1.69. The summed E-state index contributed by atoms with van der Waals surface area (Å²) in [4.78, 5) is 19.2. The van der Waals surface area contributed by atoms with E-state index in [1.165, 1.54) is 4.88 Å². The van der Waals surface area contributed by atoms with Gasteiger partial charge in [-0.2, -0.15) is 0 Å². The van der Waals surface area contributed by atoms with Gasteiger partial charge in [0, 0.05) is 21.0 Å². The summed E-state index contributed by atoms with van der Waals surface area (Å²) in [5, 5.41) is 7.70. The number of aliphatic imine (C=N–C) groups is 1. The normalized spacial score (nSPS) is 17.6. The summed E-state index contributed by atoms with van der Waals surface area (Å²) in [6.45, 7) is 6.05. The molecule has 1 aliphatic rings. The molecule has 0 saturated carbocycles. The fourth-order valence-electron chi connectivity index (χ4n) is 3.41. The number of amides is 1. The standard InChI is InChI=1S/C24H22ClN3O2S2/c1-14-15(2)32-21-19(14)20(17-9-11-18(25)12-10-17)27-24(3,22(31)26-21)28-23(29)30-13-16-7-5-4-6-8-16/h4-12H,13H2,1-3H3,(H,26,31)(H,28,29). The summed E-state index contributed by atoms with van der Waals surface area (Å²) in [6.07, 6.45) is -0.599. The van der Waals surface area contributed by atoms with Crippen LogP contribution in [0.4, 0.5) is 9.80 Å². The number of thiophene rings is 1. The maximum atomic E-state index is 12.7. The molecule has 2 heterocycles. The van der Waals surface area contributed by atoms with Crippen molar-refractivity contribution < 1.29 is 9.53 Å². The molecule has 2 aromatic carbocycles. The number of hydrogen-bond donors (Lipinski definition) is 2. The average molecular weight is 484 g/mol. The molecule has 8 heteroatoms. The number of aryl methyl sites for hydroxylation is 1. The second-order valence-corrected chi connectivity index (χ2v) is 9.74. The predicted molar refractivity (Wildman–Crippen MR) is 135 cm³/mol. The lowest BCUT2D eigenvalue weighted by atomic mass is 10.00. The molecule has 0 saturated heterocycles. The van der Waals surface area contributed by atoms with E-state index >= 15 is 0 Å². The summed E-state index contributed by atoms with van der Waals surface area (Å²) in [6, 6.07) is 17.0. The Hall–Kier alpha value is -2.74. The number of carbonyl (C=O) groups is 1. The first-order valence-electron chi connectivity index (χ1n) is 10.0. The molecule has 0 aliphatic carbocycles. The van der Waals surface area contributed by atoms with Gasteiger partial charge in [-0.05, 0) is 44.0 Å². The highest BCUT2D eigenvalue weighted by atomic mass is 35.5. The van der Waals surface area contributed by atoms with E-state index in [1.807, 2.05) is 54.6 Å². The van der Waals surface area contributed by atoms with Gasteiger partial charge >= 0.3 is 6.09 Å². The van der Waals surface area contributed by atoms with Gasteiger partial charge in [0.1, 0.15) is 16.6 Å². The zero-order valence-corrected chi connectivity index (χ0v) is 20.3. The van der Waals surface area contributed by atoms with E-state index in [2.05, 4.69) is 24.5 Å². The number of thiocarbonyl (C=S) groups is 1. The number of fused-ring (bicyclic) bond motifs is 1. The molecule has 1 aliphatic heterocycles. The van der Waals surface area contributed by atoms with E-state index in [0.717, 1.165) is 33.0 Å². The molecule has 5 nitrogen and oxygen atoms in total. The van der Waals surface area contributed by atoms with Crippen molar-refractivity contribution in [2.45, 2.75) is 33.0 Å². The molecule has 1 amide bonds. The van der Waals surface area contributed by atoms with Crippen LogP contribution in [0, 0.1) is 13.8 Å². The Morgan fingerprint density at radius 2 is 1.88 bits per heavy atom. The molecule has 1 atom stereocenters. The predicted octanol–water partition coefficient (Wildman–Crippen LogP) is 6.25. The van der Waals surface area contributed by atoms with Crippen LogP contribution in [-0.2, 0) is 11.3 Å². The molecule has 1 unspecified atom stereocenters. The zero-order valence-electron chi connectivity index (χ0n) is 17.9. The molecule has 1 aromatic heterocycles. The molecule has 0 radical (unpaired) electrons. The summed E-state index contributed by atoms with van der Waals surface area (Å²) < 4.78 is 5.42. The topological polar surface area (TPSA) is 62.7 Å². The van der Waals surface area contributed by atoms with Gasteiger partial charge in [0.15, 0.2) is 5.66 Å². The Kier molecular flexibility index (Phi) is 6.33. The molecule has 0 fully saturated rings. The van der Waals surface area contributed by atoms with Crippen molar-refractivity contribution in [3.05, 3.63) is 86.8 Å². The third-order valence-corrected chi connectivity index (χ3v) is 7.18. The first-order chi connectivity index (χ1) is 15.3. The van der Waals surface area contributed by atoms with E-state index in [-0.39, 0.29) is 6.61 Å². The van der Waals surface area contributed by atoms with Crippen LogP contribution in [-0.4, -0.2) is 22.5 Å². The summed E-state index contributed by atoms with van der Waals surface area (Å²) >= 11 is 13.4. The van der Waals surface area contributed by atoms with Gasteiger partial charge in [-0.3, -0.25) is 5.32 Å². The number of benzene rings is 2. The minimum absolute atomic E-state index is 0.155. The van der Waals surface area contributed by atoms with Gasteiger partial charge in [0.25, 0.3) is 0 Å². The molecule has 2 N–H and O–H groups in total. The van der Waals surface area contributed by atoms with Gasteiger partial charge < -0.3 is 10.1 Å². The number of anilines is 1. The number of carbonyl (C=O) groups excluding carboxylic acids is 1. The monoisotopic (exact) mass is 483 g/mol. The van der Waals surface area contributed by atoms with Crippen LogP contribution in [0.5, 0.6) is 0 Å². The lowest BCUT2D eigenvalue weighted by Crippen LogP contribution is -2.52. The van der Waals surface area contributed by atoms with Crippen LogP contribution in [0.3, 0.4) is 0 Å². The largest absolute Gasteiger partial charge is 0.445 e. The first kappa shape index (κ1) is 22.5. The number of nitrogens with one attached hydrogen (secondary N) is 2. The molecule has 4 rings (SSSR count). The quantitative estimate of drug-likeness (QED) is 0.430. The minimum atomic E-state index is -1.20. The number of nitrogens with zero attached hydrogens (tertiary/aromatic N) is 1. The number of halogens is 1. The smallest absolute Gasteiger partial charge is 0.409 e. The van der Waals surface area contributed by atoms with Crippen molar-refractivity contribution in [1.82, 2.24) is 5.32 Å². The SMILES string of the molecule is Cc1sc2c(c1C)C(c1ccc(Cl)cc1)=NC(C)(NC(=O)OCc1ccccc1)C(=S)N2. The molecule has 0 spiro atoms. The van der Waals surface area contributed by atoms with Crippen molar-refractivity contribution in [3.63, 3.8) is 0 Å². The van der Waals surface area contributed by atoms with Gasteiger partial charge in [-0.15, -0.1) is 11.3 Å². The minimum Gasteiger partial charge on any atom is -0.445 e. The molecular formula is C24H22ClN3O2S2. The maximum absolute atomic E-state index is 12.7. The molecular weight excluding hydrogens is 462 g/mol. The first-order valence-corrected chi connectivity index (χ1v) is 11.6. The van der Waals surface area contributed by atoms with Crippen molar-refractivity contribution in [2.75, 3.05) is 5.32 Å². The number of rotatable bonds is 4. The molecule has 0 bridgehead atoms. The lowest BCUT2D eigenvalue weighted by molar-refractivity contribution is 0.134. The van der Waals surface area contributed by atoms with Crippen LogP contribution >= 0.6 is 35.2 Å². The van der Waals surface area contributed by atoms with Crippen LogP contribution in [0.25, 0.3) is 0 Å². The molecule has 164 valence electrons. The van der Waals surface area contributed by atoms with Gasteiger partial charge in [-0.25, -0.2) is 9.79 Å². The van der Waals surface area contributed by atoms with Crippen LogP contribution in [0.15, 0.2) is 59.6 Å². The van der Waals surface area contributed by atoms with E-state index in [9.17, 15) is 4.79 Å². The van der Waals surface area contributed by atoms with Crippen LogP contribution < -0.4 is 10.6 Å². The zero-order chi connectivity index (χ0) is 22.9. The summed E-state index contributed by atoms with van der Waals surface area (Å²) in [5.41, 5.74) is 3.40. The summed E-state index contributed by atoms with van der Waals surface area (Å²) in [5.74, 6) is 0. The highest BCUT2D eigenvalue weighted by Gasteiger charge is 2.37. The Morgan fingerprint density at radius 3 is 2.56 bits per heavy atom. The average Bonchev–Trinajstić information content (AvgIpc) is 2.99. The fraction of sp³-hybridized carbons (Fsp3) is 0.208. The Labute approximate surface area is 201 Å². The van der Waals surface area contributed by atoms with E-state index in [1.54, 1.807) is 18.3 Å². The summed E-state index contributed by atoms with van der Waals surface area (Å²) in [7, 11) is 0.